The van der Waals surface area contributed by atoms with E-state index in [1.807, 2.05) is 92.6 Å². The first-order valence-corrected chi connectivity index (χ1v) is 20.4. The number of carbonyl (C=O) groups is 4. The highest BCUT2D eigenvalue weighted by atomic mass is 19.1. The van der Waals surface area contributed by atoms with Gasteiger partial charge in [-0.15, -0.1) is 0 Å². The summed E-state index contributed by atoms with van der Waals surface area (Å²) in [7, 11) is 7.80. The predicted molar refractivity (Wildman–Crippen MR) is 233 cm³/mol. The molecule has 2 heterocycles. The number of phenols is 1. The summed E-state index contributed by atoms with van der Waals surface area (Å²) >= 11 is 0. The maximum absolute atomic E-state index is 15.1. The van der Waals surface area contributed by atoms with Crippen molar-refractivity contribution >= 4 is 69.1 Å². The maximum Gasteiger partial charge on any atom is 0.238 e. The fourth-order valence-corrected chi connectivity index (χ4v) is 9.43. The van der Waals surface area contributed by atoms with Gasteiger partial charge < -0.3 is 14.9 Å². The minimum Gasteiger partial charge on any atom is -0.505 e. The summed E-state index contributed by atoms with van der Waals surface area (Å²) in [6, 6.07) is 32.5. The number of halogens is 1. The standard InChI is InChI=1S/C48H43FN8O5/c1-54(2)31-16-8-27(9-17-31)50-52-29-12-20-33(21-13-29)56-45(59)37-25-24-35-38(42(37)47(56)61)26-39-43(41(35)36-6-5-7-40(49)44(36)58)48(62)57(46(39)60)34-22-14-30(15-23-34)53-51-28-10-18-32(19-11-28)55(3)4/h5-24,37-39,41-43,58H,25-26H2,1-4H3/t37-,38+,39+,41+,42-,43+/m0/s1. The normalized spacial score (nSPS) is 23.2. The van der Waals surface area contributed by atoms with E-state index in [2.05, 4.69) is 20.5 Å². The molecule has 2 aliphatic heterocycles. The van der Waals surface area contributed by atoms with Crippen LogP contribution in [0.3, 0.4) is 0 Å². The number of hydrogen-bond donors (Lipinski definition) is 1. The molecule has 4 aliphatic rings. The highest BCUT2D eigenvalue weighted by Crippen LogP contribution is 2.59. The van der Waals surface area contributed by atoms with Crippen molar-refractivity contribution in [3.8, 4) is 5.75 Å². The van der Waals surface area contributed by atoms with Gasteiger partial charge in [-0.3, -0.25) is 29.0 Å². The number of azo groups is 2. The van der Waals surface area contributed by atoms with Crippen molar-refractivity contribution in [1.29, 1.82) is 0 Å². The molecular formula is C48H43FN8O5. The van der Waals surface area contributed by atoms with Crippen LogP contribution in [-0.4, -0.2) is 56.9 Å². The Hall–Kier alpha value is -7.35. The van der Waals surface area contributed by atoms with Crippen molar-refractivity contribution in [2.24, 2.45) is 50.0 Å². The van der Waals surface area contributed by atoms with Crippen LogP contribution in [0.1, 0.15) is 24.3 Å². The number of anilines is 4. The number of imide groups is 2. The first kappa shape index (κ1) is 40.1. The van der Waals surface area contributed by atoms with E-state index >= 15 is 4.39 Å². The lowest BCUT2D eigenvalue weighted by atomic mass is 9.57. The van der Waals surface area contributed by atoms with Gasteiger partial charge in [0, 0.05) is 51.0 Å². The Balaban J connectivity index is 0.988. The van der Waals surface area contributed by atoms with Crippen LogP contribution in [0.25, 0.3) is 0 Å². The second kappa shape index (κ2) is 15.9. The number of para-hydroxylation sites is 1. The summed E-state index contributed by atoms with van der Waals surface area (Å²) in [4.78, 5) is 64.0. The third-order valence-corrected chi connectivity index (χ3v) is 12.5. The molecule has 1 N–H and O–H groups in total. The average molecular weight is 831 g/mol. The molecule has 0 unspecified atom stereocenters. The van der Waals surface area contributed by atoms with Crippen molar-refractivity contribution in [2.45, 2.75) is 18.8 Å². The summed E-state index contributed by atoms with van der Waals surface area (Å²) in [5, 5.41) is 28.4. The molecule has 312 valence electrons. The van der Waals surface area contributed by atoms with E-state index in [-0.39, 0.29) is 24.3 Å². The Morgan fingerprint density at radius 1 is 0.548 bits per heavy atom. The van der Waals surface area contributed by atoms with E-state index in [1.165, 1.54) is 11.0 Å². The minimum absolute atomic E-state index is 0.117. The summed E-state index contributed by atoms with van der Waals surface area (Å²) in [6.45, 7) is 0. The van der Waals surface area contributed by atoms with E-state index in [9.17, 15) is 24.3 Å². The predicted octanol–water partition coefficient (Wildman–Crippen LogP) is 9.54. The molecule has 0 radical (unpaired) electrons. The van der Waals surface area contributed by atoms with E-state index in [4.69, 9.17) is 0 Å². The van der Waals surface area contributed by atoms with Gasteiger partial charge in [-0.25, -0.2) is 4.39 Å². The van der Waals surface area contributed by atoms with Gasteiger partial charge in [-0.05, 0) is 122 Å². The molecule has 4 amide bonds. The van der Waals surface area contributed by atoms with Crippen LogP contribution in [-0.2, 0) is 19.2 Å². The third kappa shape index (κ3) is 7.00. The molecule has 0 aromatic heterocycles. The molecule has 2 saturated heterocycles. The number of carbonyl (C=O) groups excluding carboxylic acids is 4. The Kier molecular flexibility index (Phi) is 10.3. The van der Waals surface area contributed by atoms with Crippen LogP contribution in [0.5, 0.6) is 5.75 Å². The van der Waals surface area contributed by atoms with Gasteiger partial charge in [-0.1, -0.05) is 23.8 Å². The lowest BCUT2D eigenvalue weighted by molar-refractivity contribution is -0.126. The van der Waals surface area contributed by atoms with E-state index in [0.717, 1.165) is 22.3 Å². The number of aromatic hydroxyl groups is 1. The number of amides is 4. The van der Waals surface area contributed by atoms with Gasteiger partial charge in [0.05, 0.1) is 57.8 Å². The fourth-order valence-electron chi connectivity index (χ4n) is 9.43. The van der Waals surface area contributed by atoms with Crippen LogP contribution in [0.15, 0.2) is 147 Å². The second-order valence-electron chi connectivity index (χ2n) is 16.5. The Bertz CT molecular complexity index is 2680. The van der Waals surface area contributed by atoms with Gasteiger partial charge in [0.1, 0.15) is 0 Å². The average Bonchev–Trinajstić information content (AvgIpc) is 3.69. The zero-order chi connectivity index (χ0) is 43.4. The zero-order valence-electron chi connectivity index (χ0n) is 34.5. The van der Waals surface area contributed by atoms with Crippen LogP contribution < -0.4 is 19.6 Å². The molecule has 0 bridgehead atoms. The zero-order valence-corrected chi connectivity index (χ0v) is 34.5. The van der Waals surface area contributed by atoms with Gasteiger partial charge in [-0.2, -0.15) is 20.5 Å². The molecule has 2 aliphatic carbocycles. The molecule has 14 heteroatoms. The molecule has 0 spiro atoms. The summed E-state index contributed by atoms with van der Waals surface area (Å²) < 4.78 is 15.1. The number of nitrogens with zero attached hydrogens (tertiary/aromatic N) is 8. The van der Waals surface area contributed by atoms with Gasteiger partial charge in [0.15, 0.2) is 11.6 Å². The highest BCUT2D eigenvalue weighted by molar-refractivity contribution is 6.24. The maximum atomic E-state index is 15.1. The first-order chi connectivity index (χ1) is 29.9. The van der Waals surface area contributed by atoms with Crippen molar-refractivity contribution in [1.82, 2.24) is 0 Å². The summed E-state index contributed by atoms with van der Waals surface area (Å²) in [6.07, 6.45) is 2.17. The van der Waals surface area contributed by atoms with Gasteiger partial charge in [0.2, 0.25) is 23.6 Å². The van der Waals surface area contributed by atoms with Crippen LogP contribution >= 0.6 is 0 Å². The van der Waals surface area contributed by atoms with Gasteiger partial charge in [0.25, 0.3) is 0 Å². The smallest absolute Gasteiger partial charge is 0.238 e. The minimum atomic E-state index is -0.991. The Morgan fingerprint density at radius 2 is 0.984 bits per heavy atom. The van der Waals surface area contributed by atoms with E-state index < -0.39 is 64.8 Å². The molecule has 6 atom stereocenters. The van der Waals surface area contributed by atoms with Crippen molar-refractivity contribution < 1.29 is 28.7 Å². The fraction of sp³-hybridized carbons (Fsp3) is 0.250. The molecule has 9 rings (SSSR count). The van der Waals surface area contributed by atoms with Crippen molar-refractivity contribution in [3.63, 3.8) is 0 Å². The number of benzene rings is 5. The molecule has 1 saturated carbocycles. The monoisotopic (exact) mass is 830 g/mol. The largest absolute Gasteiger partial charge is 0.505 e. The number of rotatable bonds is 9. The molecular weight excluding hydrogens is 788 g/mol. The Morgan fingerprint density at radius 3 is 1.45 bits per heavy atom. The molecule has 13 nitrogen and oxygen atoms in total. The SMILES string of the molecule is CN(C)c1ccc(N=Nc2ccc(N3C(=O)[C@H]4[C@H](CC=C5[C@H]4C[C@H]4C(=O)N(c6ccc(N=Nc7ccc(N(C)C)cc7)cc6)C(=O)[C@H]4[C@H]5c4cccc(F)c4O)C3=O)cc2)cc1. The molecule has 3 fully saturated rings. The second-order valence-corrected chi connectivity index (χ2v) is 16.5. The number of allylic oxidation sites excluding steroid dienone is 2. The molecule has 5 aromatic carbocycles. The van der Waals surface area contributed by atoms with Crippen LogP contribution in [0.2, 0.25) is 0 Å². The topological polar surface area (TPSA) is 151 Å². The van der Waals surface area contributed by atoms with Crippen LogP contribution in [0.4, 0.5) is 49.9 Å². The highest BCUT2D eigenvalue weighted by Gasteiger charge is 2.62. The first-order valence-electron chi connectivity index (χ1n) is 20.4. The molecule has 5 aromatic rings. The van der Waals surface area contributed by atoms with E-state index in [1.54, 1.807) is 54.6 Å². The summed E-state index contributed by atoms with van der Waals surface area (Å²) in [5.74, 6) is -8.26. The quantitative estimate of drug-likeness (QED) is 0.0883. The lowest BCUT2D eigenvalue weighted by Gasteiger charge is -2.44. The number of phenolic OH excluding ortho intramolecular Hbond substituents is 1. The van der Waals surface area contributed by atoms with Crippen LogP contribution in [0, 0.1) is 35.4 Å². The number of fused-ring (bicyclic) bond motifs is 4. The number of hydrogen-bond acceptors (Lipinski definition) is 11. The summed E-state index contributed by atoms with van der Waals surface area (Å²) in [5.41, 5.74) is 5.90. The van der Waals surface area contributed by atoms with Crippen molar-refractivity contribution in [3.05, 3.63) is 138 Å². The molecule has 62 heavy (non-hydrogen) atoms. The van der Waals surface area contributed by atoms with E-state index in [0.29, 0.717) is 39.7 Å². The third-order valence-electron chi connectivity index (χ3n) is 12.5. The van der Waals surface area contributed by atoms with Gasteiger partial charge >= 0.3 is 0 Å². The lowest BCUT2D eigenvalue weighted by Crippen LogP contribution is -2.43. The van der Waals surface area contributed by atoms with Crippen molar-refractivity contribution in [2.75, 3.05) is 47.8 Å². The Labute approximate surface area is 357 Å².